The predicted molar refractivity (Wildman–Crippen MR) is 57.3 cm³/mol. The van der Waals surface area contributed by atoms with Crippen molar-refractivity contribution < 1.29 is 14.6 Å². The van der Waals surface area contributed by atoms with Gasteiger partial charge in [0, 0.05) is 0 Å². The molecule has 2 N–H and O–H groups in total. The van der Waals surface area contributed by atoms with E-state index in [2.05, 4.69) is 15.2 Å². The average molecular weight is 243 g/mol. The molecule has 1 fully saturated rings. The van der Waals surface area contributed by atoms with Crippen molar-refractivity contribution in [3.63, 3.8) is 0 Å². The highest BCUT2D eigenvalue weighted by Gasteiger charge is 2.26. The second kappa shape index (κ2) is 4.84. The van der Waals surface area contributed by atoms with Gasteiger partial charge in [-0.25, -0.2) is 4.98 Å². The predicted octanol–water partition coefficient (Wildman–Crippen LogP) is 1.22. The first-order chi connectivity index (χ1) is 7.65. The molecule has 2 atom stereocenters. The Balaban J connectivity index is 1.94. The van der Waals surface area contributed by atoms with Gasteiger partial charge in [-0.3, -0.25) is 9.89 Å². The van der Waals surface area contributed by atoms with Crippen LogP contribution >= 0.6 is 11.8 Å². The minimum atomic E-state index is -0.873. The molecule has 1 aromatic heterocycles. The Morgan fingerprint density at radius 2 is 2.50 bits per heavy atom. The Kier molecular flexibility index (Phi) is 3.45. The first-order valence-corrected chi connectivity index (χ1v) is 6.06. The van der Waals surface area contributed by atoms with Gasteiger partial charge in [0.2, 0.25) is 5.16 Å². The normalized spacial score (nSPS) is 24.8. The van der Waals surface area contributed by atoms with Gasteiger partial charge in [-0.1, -0.05) is 11.8 Å². The third-order valence-electron chi connectivity index (χ3n) is 2.34. The molecule has 16 heavy (non-hydrogen) atoms. The number of hydrogen-bond acceptors (Lipinski definition) is 5. The summed E-state index contributed by atoms with van der Waals surface area (Å²) in [7, 11) is 0. The topological polar surface area (TPSA) is 88.1 Å². The zero-order chi connectivity index (χ0) is 11.5. The average Bonchev–Trinajstić information content (AvgIpc) is 2.83. The maximum absolute atomic E-state index is 10.4. The molecule has 2 rings (SSSR count). The van der Waals surface area contributed by atoms with Crippen molar-refractivity contribution >= 4 is 17.7 Å². The Morgan fingerprint density at radius 1 is 1.69 bits per heavy atom. The van der Waals surface area contributed by atoms with Crippen LogP contribution in [0.25, 0.3) is 0 Å². The monoisotopic (exact) mass is 243 g/mol. The summed E-state index contributed by atoms with van der Waals surface area (Å²) in [5.74, 6) is -0.210. The van der Waals surface area contributed by atoms with E-state index in [0.29, 0.717) is 11.0 Å². The molecular weight excluding hydrogens is 230 g/mol. The number of carboxylic acid groups (broad SMARTS) is 1. The lowest BCUT2D eigenvalue weighted by Crippen LogP contribution is -2.02. The van der Waals surface area contributed by atoms with Crippen LogP contribution < -0.4 is 0 Å². The molecule has 0 bridgehead atoms. The van der Waals surface area contributed by atoms with E-state index in [4.69, 9.17) is 9.84 Å². The number of ether oxygens (including phenoxy) is 1. The van der Waals surface area contributed by atoms with Gasteiger partial charge in [0.05, 0.1) is 11.9 Å². The molecule has 6 nitrogen and oxygen atoms in total. The van der Waals surface area contributed by atoms with E-state index in [1.807, 2.05) is 6.92 Å². The molecule has 0 saturated carbocycles. The molecule has 7 heteroatoms. The fourth-order valence-corrected chi connectivity index (χ4v) is 2.12. The number of carboxylic acids is 1. The summed E-state index contributed by atoms with van der Waals surface area (Å²) < 4.78 is 5.63. The van der Waals surface area contributed by atoms with Crippen LogP contribution in [0.4, 0.5) is 0 Å². The Labute approximate surface area is 96.8 Å². The van der Waals surface area contributed by atoms with E-state index in [1.54, 1.807) is 0 Å². The van der Waals surface area contributed by atoms with E-state index in [1.165, 1.54) is 0 Å². The Hall–Kier alpha value is -1.08. The Bertz CT molecular complexity index is 382. The van der Waals surface area contributed by atoms with Crippen molar-refractivity contribution in [1.82, 2.24) is 15.2 Å². The maximum atomic E-state index is 10.4. The molecule has 2 heterocycles. The molecule has 1 saturated heterocycles. The zero-order valence-electron chi connectivity index (χ0n) is 8.84. The number of thioether (sulfide) groups is 1. The van der Waals surface area contributed by atoms with E-state index < -0.39 is 5.97 Å². The van der Waals surface area contributed by atoms with Crippen LogP contribution in [0.15, 0.2) is 5.16 Å². The molecule has 1 aromatic rings. The smallest absolute Gasteiger partial charge is 0.313 e. The highest BCUT2D eigenvalue weighted by Crippen LogP contribution is 2.30. The summed E-state index contributed by atoms with van der Waals surface area (Å²) in [4.78, 5) is 14.6. The fourth-order valence-electron chi connectivity index (χ4n) is 1.60. The fraction of sp³-hybridized carbons (Fsp3) is 0.667. The second-order valence-corrected chi connectivity index (χ2v) is 4.64. The molecule has 2 unspecified atom stereocenters. The van der Waals surface area contributed by atoms with Crippen molar-refractivity contribution in [2.75, 3.05) is 5.75 Å². The van der Waals surface area contributed by atoms with Crippen molar-refractivity contribution in [3.05, 3.63) is 5.82 Å². The molecule has 1 aliphatic rings. The van der Waals surface area contributed by atoms with E-state index in [0.717, 1.165) is 24.6 Å². The minimum Gasteiger partial charge on any atom is -0.481 e. The largest absolute Gasteiger partial charge is 0.481 e. The Morgan fingerprint density at radius 3 is 3.12 bits per heavy atom. The standard InChI is InChI=1S/C9H13N3O3S/c1-5-2-3-6(15-5)8-10-9(12-11-8)16-4-7(13)14/h5-6H,2-4H2,1H3,(H,13,14)(H,10,11,12). The van der Waals surface area contributed by atoms with Gasteiger partial charge in [0.15, 0.2) is 5.82 Å². The summed E-state index contributed by atoms with van der Waals surface area (Å²) in [5.41, 5.74) is 0. The van der Waals surface area contributed by atoms with Crippen LogP contribution in [0.1, 0.15) is 31.7 Å². The van der Waals surface area contributed by atoms with Crippen molar-refractivity contribution in [2.45, 2.75) is 37.1 Å². The maximum Gasteiger partial charge on any atom is 0.313 e. The SMILES string of the molecule is CC1CCC(c2nc(SCC(=O)O)n[nH]2)O1. The highest BCUT2D eigenvalue weighted by molar-refractivity contribution is 7.99. The van der Waals surface area contributed by atoms with Crippen LogP contribution in [0.2, 0.25) is 0 Å². The zero-order valence-corrected chi connectivity index (χ0v) is 9.66. The number of aliphatic carboxylic acids is 1. The van der Waals surface area contributed by atoms with Gasteiger partial charge in [-0.05, 0) is 19.8 Å². The number of carbonyl (C=O) groups is 1. The van der Waals surface area contributed by atoms with Crippen LogP contribution in [-0.4, -0.2) is 38.1 Å². The number of rotatable bonds is 4. The molecular formula is C9H13N3O3S. The molecule has 0 aliphatic carbocycles. The number of aromatic amines is 1. The van der Waals surface area contributed by atoms with Crippen LogP contribution in [0.5, 0.6) is 0 Å². The molecule has 0 aromatic carbocycles. The second-order valence-electron chi connectivity index (χ2n) is 3.70. The van der Waals surface area contributed by atoms with Crippen LogP contribution in [0.3, 0.4) is 0 Å². The number of nitrogens with zero attached hydrogens (tertiary/aromatic N) is 2. The first kappa shape index (κ1) is 11.4. The third-order valence-corrected chi connectivity index (χ3v) is 3.18. The quantitative estimate of drug-likeness (QED) is 0.773. The summed E-state index contributed by atoms with van der Waals surface area (Å²) in [6, 6.07) is 0. The lowest BCUT2D eigenvalue weighted by atomic mass is 10.2. The molecule has 88 valence electrons. The number of hydrogen-bond donors (Lipinski definition) is 2. The molecule has 0 amide bonds. The van der Waals surface area contributed by atoms with Crippen LogP contribution in [-0.2, 0) is 9.53 Å². The number of aromatic nitrogens is 3. The van der Waals surface area contributed by atoms with Gasteiger partial charge < -0.3 is 9.84 Å². The molecule has 0 radical (unpaired) electrons. The molecule has 1 aliphatic heterocycles. The van der Waals surface area contributed by atoms with Gasteiger partial charge in [0.1, 0.15) is 6.10 Å². The number of H-pyrrole nitrogens is 1. The summed E-state index contributed by atoms with van der Waals surface area (Å²) in [6.45, 7) is 2.02. The van der Waals surface area contributed by atoms with Gasteiger partial charge in [-0.15, -0.1) is 5.10 Å². The first-order valence-electron chi connectivity index (χ1n) is 5.07. The van der Waals surface area contributed by atoms with Gasteiger partial charge in [-0.2, -0.15) is 0 Å². The van der Waals surface area contributed by atoms with Crippen molar-refractivity contribution in [1.29, 1.82) is 0 Å². The highest BCUT2D eigenvalue weighted by atomic mass is 32.2. The van der Waals surface area contributed by atoms with E-state index in [9.17, 15) is 4.79 Å². The lowest BCUT2D eigenvalue weighted by Gasteiger charge is -2.06. The van der Waals surface area contributed by atoms with Crippen molar-refractivity contribution in [3.8, 4) is 0 Å². The van der Waals surface area contributed by atoms with Gasteiger partial charge in [0.25, 0.3) is 0 Å². The number of nitrogens with one attached hydrogen (secondary N) is 1. The van der Waals surface area contributed by atoms with E-state index >= 15 is 0 Å². The summed E-state index contributed by atoms with van der Waals surface area (Å²) >= 11 is 1.10. The minimum absolute atomic E-state index is 0.0262. The lowest BCUT2D eigenvalue weighted by molar-refractivity contribution is -0.133. The summed E-state index contributed by atoms with van der Waals surface area (Å²) in [5, 5.41) is 15.7. The third kappa shape index (κ3) is 2.73. The molecule has 0 spiro atoms. The van der Waals surface area contributed by atoms with Crippen LogP contribution in [0, 0.1) is 0 Å². The van der Waals surface area contributed by atoms with E-state index in [-0.39, 0.29) is 18.0 Å². The van der Waals surface area contributed by atoms with Crippen molar-refractivity contribution in [2.24, 2.45) is 0 Å². The summed E-state index contributed by atoms with van der Waals surface area (Å²) in [6.07, 6.45) is 2.18. The van der Waals surface area contributed by atoms with Gasteiger partial charge >= 0.3 is 5.97 Å².